The topological polar surface area (TPSA) is 51.5 Å². The fourth-order valence-corrected chi connectivity index (χ4v) is 2.92. The minimum absolute atomic E-state index is 0.0612. The van der Waals surface area contributed by atoms with Crippen molar-refractivity contribution in [1.82, 2.24) is 5.32 Å². The third kappa shape index (κ3) is 5.70. The second-order valence-electron chi connectivity index (χ2n) is 7.44. The van der Waals surface area contributed by atoms with Crippen LogP contribution in [0.25, 0.3) is 0 Å². The SMILES string of the molecule is CC(C)c1ccc(OCc2ccc(C(=O)NCC(C)c3ccc(F)cc3)o2)cc1. The second-order valence-corrected chi connectivity index (χ2v) is 7.44. The Morgan fingerprint density at radius 3 is 2.28 bits per heavy atom. The number of amides is 1. The fourth-order valence-electron chi connectivity index (χ4n) is 2.92. The van der Waals surface area contributed by atoms with Crippen LogP contribution in [0.15, 0.2) is 65.1 Å². The summed E-state index contributed by atoms with van der Waals surface area (Å²) in [4.78, 5) is 12.3. The van der Waals surface area contributed by atoms with Gasteiger partial charge in [-0.05, 0) is 59.4 Å². The maximum atomic E-state index is 13.0. The molecule has 0 saturated carbocycles. The minimum Gasteiger partial charge on any atom is -0.486 e. The number of hydrogen-bond donors (Lipinski definition) is 1. The summed E-state index contributed by atoms with van der Waals surface area (Å²) in [5.74, 6) is 1.55. The van der Waals surface area contributed by atoms with Gasteiger partial charge in [0.1, 0.15) is 23.9 Å². The minimum atomic E-state index is -0.286. The van der Waals surface area contributed by atoms with Crippen molar-refractivity contribution in [3.63, 3.8) is 0 Å². The van der Waals surface area contributed by atoms with Gasteiger partial charge in [-0.3, -0.25) is 4.79 Å². The number of carbonyl (C=O) groups excluding carboxylic acids is 1. The van der Waals surface area contributed by atoms with Crippen molar-refractivity contribution in [2.24, 2.45) is 0 Å². The van der Waals surface area contributed by atoms with E-state index in [2.05, 4.69) is 19.2 Å². The summed E-state index contributed by atoms with van der Waals surface area (Å²) in [6, 6.07) is 17.6. The fraction of sp³-hybridized carbons (Fsp3) is 0.292. The molecule has 1 aromatic heterocycles. The average Bonchev–Trinajstić information content (AvgIpc) is 3.20. The van der Waals surface area contributed by atoms with Crippen LogP contribution in [0.4, 0.5) is 4.39 Å². The molecule has 1 atom stereocenters. The molecule has 0 spiro atoms. The first kappa shape index (κ1) is 20.6. The Kier molecular flexibility index (Phi) is 6.70. The molecule has 2 aromatic carbocycles. The van der Waals surface area contributed by atoms with E-state index in [0.29, 0.717) is 18.2 Å². The van der Waals surface area contributed by atoms with Gasteiger partial charge >= 0.3 is 0 Å². The highest BCUT2D eigenvalue weighted by atomic mass is 19.1. The van der Waals surface area contributed by atoms with Gasteiger partial charge in [0.2, 0.25) is 0 Å². The molecular formula is C24H26FNO3. The highest BCUT2D eigenvalue weighted by Crippen LogP contribution is 2.20. The smallest absolute Gasteiger partial charge is 0.287 e. The lowest BCUT2D eigenvalue weighted by atomic mass is 10.0. The van der Waals surface area contributed by atoms with Gasteiger partial charge in [0.25, 0.3) is 5.91 Å². The van der Waals surface area contributed by atoms with E-state index in [4.69, 9.17) is 9.15 Å². The van der Waals surface area contributed by atoms with Crippen LogP contribution in [-0.2, 0) is 6.61 Å². The molecule has 5 heteroatoms. The highest BCUT2D eigenvalue weighted by molar-refractivity contribution is 5.91. The molecule has 1 heterocycles. The van der Waals surface area contributed by atoms with Gasteiger partial charge in [-0.15, -0.1) is 0 Å². The van der Waals surface area contributed by atoms with Crippen molar-refractivity contribution in [3.05, 3.63) is 89.1 Å². The molecule has 0 saturated heterocycles. The maximum Gasteiger partial charge on any atom is 0.287 e. The van der Waals surface area contributed by atoms with Gasteiger partial charge in [-0.1, -0.05) is 45.0 Å². The molecule has 152 valence electrons. The van der Waals surface area contributed by atoms with Crippen LogP contribution in [0.1, 0.15) is 60.0 Å². The van der Waals surface area contributed by atoms with E-state index in [1.807, 2.05) is 31.2 Å². The highest BCUT2D eigenvalue weighted by Gasteiger charge is 2.14. The number of carbonyl (C=O) groups is 1. The summed E-state index contributed by atoms with van der Waals surface area (Å²) in [5, 5.41) is 2.85. The van der Waals surface area contributed by atoms with Crippen LogP contribution in [0, 0.1) is 5.82 Å². The van der Waals surface area contributed by atoms with Gasteiger partial charge in [0.05, 0.1) is 0 Å². The Morgan fingerprint density at radius 1 is 0.966 bits per heavy atom. The molecule has 1 N–H and O–H groups in total. The summed E-state index contributed by atoms with van der Waals surface area (Å²) in [7, 11) is 0. The predicted octanol–water partition coefficient (Wildman–Crippen LogP) is 5.65. The summed E-state index contributed by atoms with van der Waals surface area (Å²) in [6.07, 6.45) is 0. The van der Waals surface area contributed by atoms with Crippen LogP contribution >= 0.6 is 0 Å². The number of hydrogen-bond acceptors (Lipinski definition) is 3. The monoisotopic (exact) mass is 395 g/mol. The van der Waals surface area contributed by atoms with E-state index in [9.17, 15) is 9.18 Å². The van der Waals surface area contributed by atoms with Gasteiger partial charge in [0.15, 0.2) is 5.76 Å². The predicted molar refractivity (Wildman–Crippen MR) is 111 cm³/mol. The van der Waals surface area contributed by atoms with Crippen molar-refractivity contribution in [3.8, 4) is 5.75 Å². The molecule has 4 nitrogen and oxygen atoms in total. The third-order valence-electron chi connectivity index (χ3n) is 4.82. The second kappa shape index (κ2) is 9.41. The molecule has 0 fully saturated rings. The number of halogens is 1. The number of rotatable bonds is 8. The van der Waals surface area contributed by atoms with Crippen LogP contribution in [0.2, 0.25) is 0 Å². The zero-order valence-corrected chi connectivity index (χ0v) is 16.9. The van der Waals surface area contributed by atoms with Crippen molar-refractivity contribution >= 4 is 5.91 Å². The van der Waals surface area contributed by atoms with Crippen molar-refractivity contribution in [1.29, 1.82) is 0 Å². The first-order valence-electron chi connectivity index (χ1n) is 9.77. The largest absolute Gasteiger partial charge is 0.486 e. The van der Waals surface area contributed by atoms with Crippen molar-refractivity contribution < 1.29 is 18.3 Å². The summed E-state index contributed by atoms with van der Waals surface area (Å²) in [6.45, 7) is 6.94. The molecule has 3 aromatic rings. The number of nitrogens with one attached hydrogen (secondary N) is 1. The van der Waals surface area contributed by atoms with Crippen LogP contribution < -0.4 is 10.1 Å². The lowest BCUT2D eigenvalue weighted by Crippen LogP contribution is -2.27. The van der Waals surface area contributed by atoms with Gasteiger partial charge < -0.3 is 14.5 Å². The van der Waals surface area contributed by atoms with Crippen LogP contribution in [0.5, 0.6) is 5.75 Å². The van der Waals surface area contributed by atoms with E-state index >= 15 is 0 Å². The Labute approximate surface area is 170 Å². The summed E-state index contributed by atoms with van der Waals surface area (Å²) >= 11 is 0. The first-order valence-corrected chi connectivity index (χ1v) is 9.77. The summed E-state index contributed by atoms with van der Waals surface area (Å²) < 4.78 is 24.3. The number of benzene rings is 2. The normalized spacial score (nSPS) is 12.0. The molecule has 3 rings (SSSR count). The number of furan rings is 1. The van der Waals surface area contributed by atoms with Gasteiger partial charge in [-0.2, -0.15) is 0 Å². The van der Waals surface area contributed by atoms with Gasteiger partial charge in [-0.25, -0.2) is 4.39 Å². The third-order valence-corrected chi connectivity index (χ3v) is 4.82. The lowest BCUT2D eigenvalue weighted by Gasteiger charge is -2.12. The van der Waals surface area contributed by atoms with Crippen LogP contribution in [-0.4, -0.2) is 12.5 Å². The lowest BCUT2D eigenvalue weighted by molar-refractivity contribution is 0.0920. The van der Waals surface area contributed by atoms with E-state index in [0.717, 1.165) is 11.3 Å². The van der Waals surface area contributed by atoms with E-state index < -0.39 is 0 Å². The quantitative estimate of drug-likeness (QED) is 0.536. The maximum absolute atomic E-state index is 13.0. The molecule has 1 amide bonds. The van der Waals surface area contributed by atoms with Crippen molar-refractivity contribution in [2.75, 3.05) is 6.54 Å². The molecule has 0 aliphatic rings. The van der Waals surface area contributed by atoms with E-state index in [1.54, 1.807) is 24.3 Å². The van der Waals surface area contributed by atoms with Crippen LogP contribution in [0.3, 0.4) is 0 Å². The molecule has 0 bridgehead atoms. The van der Waals surface area contributed by atoms with Crippen molar-refractivity contribution in [2.45, 2.75) is 39.2 Å². The molecule has 0 aliphatic carbocycles. The Hall–Kier alpha value is -3.08. The molecule has 29 heavy (non-hydrogen) atoms. The Balaban J connectivity index is 1.49. The van der Waals surface area contributed by atoms with E-state index in [-0.39, 0.29) is 30.0 Å². The standard InChI is InChI=1S/C24H26FNO3/c1-16(2)18-6-10-21(11-7-18)28-15-22-12-13-23(29-22)24(27)26-14-17(3)19-4-8-20(25)9-5-19/h4-13,16-17H,14-15H2,1-3H3,(H,26,27). The van der Waals surface area contributed by atoms with E-state index in [1.165, 1.54) is 17.7 Å². The summed E-state index contributed by atoms with van der Waals surface area (Å²) in [5.41, 5.74) is 2.22. The Morgan fingerprint density at radius 2 is 1.62 bits per heavy atom. The molecule has 0 radical (unpaired) electrons. The first-order chi connectivity index (χ1) is 13.9. The molecule has 0 aliphatic heterocycles. The van der Waals surface area contributed by atoms with Gasteiger partial charge in [0, 0.05) is 6.54 Å². The molecular weight excluding hydrogens is 369 g/mol. The molecule has 1 unspecified atom stereocenters. The zero-order valence-electron chi connectivity index (χ0n) is 16.9. The number of ether oxygens (including phenoxy) is 1. The Bertz CT molecular complexity index is 930. The zero-order chi connectivity index (χ0) is 20.8. The average molecular weight is 395 g/mol.